The normalized spacial score (nSPS) is 16.9. The van der Waals surface area contributed by atoms with Crippen LogP contribution in [0, 0.1) is 0 Å². The number of amides is 1. The Morgan fingerprint density at radius 2 is 2.19 bits per heavy atom. The minimum atomic E-state index is -0.0465. The SMILES string of the molecule is COc1ccccc1C(=O)N1CCC[C@@H](c2noc(-c3cnccn3)n2)C1. The average Bonchev–Trinajstić information content (AvgIpc) is 3.24. The van der Waals surface area contributed by atoms with Crippen LogP contribution in [0.25, 0.3) is 11.6 Å². The molecule has 1 aromatic carbocycles. The number of hydrogen-bond donors (Lipinski definition) is 0. The molecule has 0 radical (unpaired) electrons. The molecular weight excluding hydrogens is 346 g/mol. The van der Waals surface area contributed by atoms with Crippen molar-refractivity contribution in [2.45, 2.75) is 18.8 Å². The van der Waals surface area contributed by atoms with Crippen LogP contribution in [-0.4, -0.2) is 51.1 Å². The van der Waals surface area contributed by atoms with Crippen molar-refractivity contribution in [2.24, 2.45) is 0 Å². The number of piperidine rings is 1. The number of ether oxygens (including phenoxy) is 1. The van der Waals surface area contributed by atoms with E-state index in [2.05, 4.69) is 20.1 Å². The summed E-state index contributed by atoms with van der Waals surface area (Å²) in [6.45, 7) is 1.23. The fourth-order valence-electron chi connectivity index (χ4n) is 3.28. The van der Waals surface area contributed by atoms with E-state index in [0.29, 0.717) is 41.8 Å². The number of aromatic nitrogens is 4. The van der Waals surface area contributed by atoms with Crippen molar-refractivity contribution in [3.05, 3.63) is 54.2 Å². The summed E-state index contributed by atoms with van der Waals surface area (Å²) in [4.78, 5) is 27.4. The van der Waals surface area contributed by atoms with Gasteiger partial charge in [0.25, 0.3) is 11.8 Å². The monoisotopic (exact) mass is 365 g/mol. The second kappa shape index (κ2) is 7.53. The van der Waals surface area contributed by atoms with Gasteiger partial charge in [0.05, 0.1) is 18.9 Å². The van der Waals surface area contributed by atoms with Gasteiger partial charge in [0, 0.05) is 31.4 Å². The second-order valence-corrected chi connectivity index (χ2v) is 6.34. The van der Waals surface area contributed by atoms with Crippen LogP contribution in [0.5, 0.6) is 5.75 Å². The molecule has 1 atom stereocenters. The topological polar surface area (TPSA) is 94.2 Å². The van der Waals surface area contributed by atoms with Crippen LogP contribution in [-0.2, 0) is 0 Å². The molecule has 27 heavy (non-hydrogen) atoms. The van der Waals surface area contributed by atoms with Gasteiger partial charge in [-0.2, -0.15) is 4.98 Å². The lowest BCUT2D eigenvalue weighted by Gasteiger charge is -2.31. The van der Waals surface area contributed by atoms with E-state index in [0.717, 1.165) is 12.8 Å². The van der Waals surface area contributed by atoms with Gasteiger partial charge in [0.15, 0.2) is 5.82 Å². The highest BCUT2D eigenvalue weighted by molar-refractivity contribution is 5.97. The number of carbonyl (C=O) groups is 1. The minimum Gasteiger partial charge on any atom is -0.496 e. The van der Waals surface area contributed by atoms with E-state index in [9.17, 15) is 4.79 Å². The van der Waals surface area contributed by atoms with Gasteiger partial charge >= 0.3 is 0 Å². The van der Waals surface area contributed by atoms with Crippen LogP contribution >= 0.6 is 0 Å². The van der Waals surface area contributed by atoms with Gasteiger partial charge in [-0.25, -0.2) is 4.98 Å². The van der Waals surface area contributed by atoms with Crippen molar-refractivity contribution < 1.29 is 14.1 Å². The van der Waals surface area contributed by atoms with Crippen molar-refractivity contribution >= 4 is 5.91 Å². The zero-order valence-corrected chi connectivity index (χ0v) is 14.9. The lowest BCUT2D eigenvalue weighted by Crippen LogP contribution is -2.39. The van der Waals surface area contributed by atoms with Crippen molar-refractivity contribution in [2.75, 3.05) is 20.2 Å². The zero-order valence-electron chi connectivity index (χ0n) is 14.9. The van der Waals surface area contributed by atoms with Crippen LogP contribution in [0.3, 0.4) is 0 Å². The first kappa shape index (κ1) is 17.1. The van der Waals surface area contributed by atoms with E-state index < -0.39 is 0 Å². The number of benzene rings is 1. The van der Waals surface area contributed by atoms with Crippen LogP contribution in [0.15, 0.2) is 47.4 Å². The third kappa shape index (κ3) is 3.51. The van der Waals surface area contributed by atoms with E-state index in [1.807, 2.05) is 17.0 Å². The molecule has 1 amide bonds. The molecule has 0 unspecified atom stereocenters. The Morgan fingerprint density at radius 3 is 3.00 bits per heavy atom. The van der Waals surface area contributed by atoms with Crippen molar-refractivity contribution in [3.63, 3.8) is 0 Å². The van der Waals surface area contributed by atoms with Crippen LogP contribution in [0.4, 0.5) is 0 Å². The van der Waals surface area contributed by atoms with E-state index in [-0.39, 0.29) is 11.8 Å². The van der Waals surface area contributed by atoms with E-state index in [4.69, 9.17) is 9.26 Å². The zero-order chi connectivity index (χ0) is 18.6. The number of para-hydroxylation sites is 1. The van der Waals surface area contributed by atoms with Gasteiger partial charge in [-0.15, -0.1) is 0 Å². The van der Waals surface area contributed by atoms with Gasteiger partial charge in [-0.05, 0) is 25.0 Å². The Morgan fingerprint density at radius 1 is 1.30 bits per heavy atom. The first-order valence-electron chi connectivity index (χ1n) is 8.78. The molecule has 138 valence electrons. The summed E-state index contributed by atoms with van der Waals surface area (Å²) in [5.74, 6) is 1.48. The third-order valence-corrected chi connectivity index (χ3v) is 4.64. The van der Waals surface area contributed by atoms with E-state index in [1.54, 1.807) is 37.8 Å². The summed E-state index contributed by atoms with van der Waals surface area (Å²) < 4.78 is 10.7. The number of nitrogens with zero attached hydrogens (tertiary/aromatic N) is 5. The van der Waals surface area contributed by atoms with Crippen LogP contribution < -0.4 is 4.74 Å². The summed E-state index contributed by atoms with van der Waals surface area (Å²) in [5, 5.41) is 4.10. The predicted octanol–water partition coefficient (Wildman–Crippen LogP) is 2.56. The Bertz CT molecular complexity index is 928. The van der Waals surface area contributed by atoms with Gasteiger partial charge in [-0.3, -0.25) is 9.78 Å². The van der Waals surface area contributed by atoms with E-state index in [1.165, 1.54) is 0 Å². The molecule has 3 aromatic rings. The fraction of sp³-hybridized carbons (Fsp3) is 0.316. The van der Waals surface area contributed by atoms with Crippen LogP contribution in [0.1, 0.15) is 34.9 Å². The average molecular weight is 365 g/mol. The molecule has 8 heteroatoms. The Hall–Kier alpha value is -3.29. The molecule has 2 aromatic heterocycles. The second-order valence-electron chi connectivity index (χ2n) is 6.34. The van der Waals surface area contributed by atoms with Gasteiger partial charge in [0.2, 0.25) is 0 Å². The molecule has 1 aliphatic rings. The first-order chi connectivity index (χ1) is 13.3. The number of hydrogen-bond acceptors (Lipinski definition) is 7. The largest absolute Gasteiger partial charge is 0.496 e. The Balaban J connectivity index is 1.52. The van der Waals surface area contributed by atoms with Crippen LogP contribution in [0.2, 0.25) is 0 Å². The maximum Gasteiger partial charge on any atom is 0.278 e. The molecule has 1 saturated heterocycles. The Kier molecular flexibility index (Phi) is 4.78. The van der Waals surface area contributed by atoms with Crippen molar-refractivity contribution in [1.82, 2.24) is 25.0 Å². The highest BCUT2D eigenvalue weighted by atomic mass is 16.5. The predicted molar refractivity (Wildman–Crippen MR) is 96.2 cm³/mol. The van der Waals surface area contributed by atoms with E-state index >= 15 is 0 Å². The van der Waals surface area contributed by atoms with Gasteiger partial charge in [0.1, 0.15) is 11.4 Å². The minimum absolute atomic E-state index is 0.0200. The third-order valence-electron chi connectivity index (χ3n) is 4.64. The molecule has 0 aliphatic carbocycles. The first-order valence-corrected chi connectivity index (χ1v) is 8.78. The highest BCUT2D eigenvalue weighted by Gasteiger charge is 2.29. The Labute approximate surface area is 156 Å². The fourth-order valence-corrected chi connectivity index (χ4v) is 3.28. The van der Waals surface area contributed by atoms with Crippen molar-refractivity contribution in [1.29, 1.82) is 0 Å². The number of methoxy groups -OCH3 is 1. The molecule has 1 aliphatic heterocycles. The molecule has 0 saturated carbocycles. The summed E-state index contributed by atoms with van der Waals surface area (Å²) in [6, 6.07) is 7.26. The lowest BCUT2D eigenvalue weighted by molar-refractivity contribution is 0.0700. The molecule has 0 bridgehead atoms. The molecule has 3 heterocycles. The van der Waals surface area contributed by atoms with Crippen molar-refractivity contribution in [3.8, 4) is 17.3 Å². The summed E-state index contributed by atoms with van der Waals surface area (Å²) >= 11 is 0. The summed E-state index contributed by atoms with van der Waals surface area (Å²) in [5.41, 5.74) is 1.10. The van der Waals surface area contributed by atoms with Gasteiger partial charge < -0.3 is 14.2 Å². The number of rotatable bonds is 4. The number of carbonyl (C=O) groups excluding carboxylic acids is 1. The molecule has 0 N–H and O–H groups in total. The summed E-state index contributed by atoms with van der Waals surface area (Å²) in [7, 11) is 1.57. The maximum absolute atomic E-state index is 12.9. The smallest absolute Gasteiger partial charge is 0.278 e. The maximum atomic E-state index is 12.9. The molecular formula is C19H19N5O3. The molecule has 1 fully saturated rings. The summed E-state index contributed by atoms with van der Waals surface area (Å²) in [6.07, 6.45) is 6.52. The quantitative estimate of drug-likeness (QED) is 0.701. The number of likely N-dealkylation sites (tertiary alicyclic amines) is 1. The highest BCUT2D eigenvalue weighted by Crippen LogP contribution is 2.28. The molecule has 4 rings (SSSR count). The van der Waals surface area contributed by atoms with Gasteiger partial charge in [-0.1, -0.05) is 17.3 Å². The molecule has 0 spiro atoms. The lowest BCUT2D eigenvalue weighted by atomic mass is 9.96. The molecule has 8 nitrogen and oxygen atoms in total. The standard InChI is InChI=1S/C19H19N5O3/c1-26-16-7-3-2-6-14(16)19(25)24-10-4-5-13(12-24)17-22-18(27-23-17)15-11-20-8-9-21-15/h2-3,6-9,11,13H,4-5,10,12H2,1H3/t13-/m1/s1.